The van der Waals surface area contributed by atoms with Crippen molar-refractivity contribution in [3.05, 3.63) is 58.6 Å². The molecule has 0 amide bonds. The molecule has 0 bridgehead atoms. The molecule has 4 heteroatoms. The number of fused-ring (bicyclic) bond motifs is 1. The summed E-state index contributed by atoms with van der Waals surface area (Å²) in [5.41, 5.74) is 1.27. The second-order valence-corrected chi connectivity index (χ2v) is 4.91. The summed E-state index contributed by atoms with van der Waals surface area (Å²) in [6, 6.07) is 14.8. The van der Waals surface area contributed by atoms with Crippen molar-refractivity contribution in [3.63, 3.8) is 0 Å². The molecule has 0 saturated carbocycles. The molecule has 96 valence electrons. The normalized spacial score (nSPS) is 11.0. The van der Waals surface area contributed by atoms with Crippen molar-refractivity contribution in [2.45, 2.75) is 19.9 Å². The van der Waals surface area contributed by atoms with Gasteiger partial charge < -0.3 is 0 Å². The van der Waals surface area contributed by atoms with Gasteiger partial charge in [0.2, 0.25) is 0 Å². The molecular weight excluding hydrogens is 254 g/mol. The van der Waals surface area contributed by atoms with Crippen molar-refractivity contribution >= 4 is 23.0 Å². The van der Waals surface area contributed by atoms with E-state index in [1.165, 1.54) is 16.3 Å². The van der Waals surface area contributed by atoms with Gasteiger partial charge in [-0.05, 0) is 28.6 Å². The van der Waals surface area contributed by atoms with E-state index in [-0.39, 0.29) is 0 Å². The fourth-order valence-corrected chi connectivity index (χ4v) is 2.60. The maximum absolute atomic E-state index is 5.31. The molecule has 1 aromatic heterocycles. The Morgan fingerprint density at radius 1 is 1.16 bits per heavy atom. The molecule has 0 aliphatic heterocycles. The Balaban J connectivity index is 2.11. The number of hydrogen-bond acceptors (Lipinski definition) is 2. The van der Waals surface area contributed by atoms with Crippen LogP contribution in [0.2, 0.25) is 0 Å². The molecule has 0 aliphatic rings. The zero-order valence-corrected chi connectivity index (χ0v) is 11.6. The van der Waals surface area contributed by atoms with Crippen molar-refractivity contribution < 1.29 is 0 Å². The number of nitrogens with one attached hydrogen (secondary N) is 1. The smallest absolute Gasteiger partial charge is 0.195 e. The summed E-state index contributed by atoms with van der Waals surface area (Å²) < 4.78 is 2.75. The number of aromatic nitrogens is 3. The highest BCUT2D eigenvalue weighted by atomic mass is 32.1. The van der Waals surface area contributed by atoms with Crippen LogP contribution in [0.4, 0.5) is 0 Å². The van der Waals surface area contributed by atoms with Gasteiger partial charge in [-0.15, -0.1) is 0 Å². The maximum Gasteiger partial charge on any atom is 0.195 e. The minimum Gasteiger partial charge on any atom is -0.300 e. The van der Waals surface area contributed by atoms with Crippen LogP contribution in [0.3, 0.4) is 0 Å². The first-order valence-electron chi connectivity index (χ1n) is 6.40. The van der Waals surface area contributed by atoms with Crippen LogP contribution in [0.15, 0.2) is 42.5 Å². The number of aromatic amines is 1. The number of hydrogen-bond donors (Lipinski definition) is 1. The monoisotopic (exact) mass is 269 g/mol. The van der Waals surface area contributed by atoms with E-state index >= 15 is 0 Å². The first-order valence-corrected chi connectivity index (χ1v) is 6.81. The van der Waals surface area contributed by atoms with Gasteiger partial charge in [0, 0.05) is 6.42 Å². The summed E-state index contributed by atoms with van der Waals surface area (Å²) in [6.07, 6.45) is 0.873. The van der Waals surface area contributed by atoms with Gasteiger partial charge in [-0.2, -0.15) is 5.10 Å². The van der Waals surface area contributed by atoms with Gasteiger partial charge in [0.1, 0.15) is 5.82 Å². The Hall–Kier alpha value is -1.94. The predicted octanol–water partition coefficient (Wildman–Crippen LogP) is 3.70. The van der Waals surface area contributed by atoms with Crippen LogP contribution in [0.1, 0.15) is 18.3 Å². The van der Waals surface area contributed by atoms with Crippen molar-refractivity contribution in [1.82, 2.24) is 14.8 Å². The van der Waals surface area contributed by atoms with Crippen LogP contribution < -0.4 is 0 Å². The highest BCUT2D eigenvalue weighted by Crippen LogP contribution is 2.19. The minimum atomic E-state index is 0.685. The lowest BCUT2D eigenvalue weighted by Gasteiger charge is -2.09. The quantitative estimate of drug-likeness (QED) is 0.735. The van der Waals surface area contributed by atoms with Gasteiger partial charge >= 0.3 is 0 Å². The van der Waals surface area contributed by atoms with Crippen LogP contribution in [-0.2, 0) is 13.0 Å². The van der Waals surface area contributed by atoms with Gasteiger partial charge in [-0.25, -0.2) is 0 Å². The standard InChI is InChI=1S/C15H15N3S/c1-2-14-16-17-15(19)18(14)10-12-8-5-7-11-6-3-4-9-13(11)12/h3-9H,2,10H2,1H3,(H,17,19). The Kier molecular flexibility index (Phi) is 3.17. The molecule has 0 fully saturated rings. The maximum atomic E-state index is 5.31. The largest absolute Gasteiger partial charge is 0.300 e. The average molecular weight is 269 g/mol. The van der Waals surface area contributed by atoms with Crippen molar-refractivity contribution in [3.8, 4) is 0 Å². The van der Waals surface area contributed by atoms with Crippen LogP contribution in [0, 0.1) is 4.77 Å². The molecular formula is C15H15N3S. The summed E-state index contributed by atoms with van der Waals surface area (Å²) in [4.78, 5) is 0. The van der Waals surface area contributed by atoms with Gasteiger partial charge in [-0.1, -0.05) is 49.4 Å². The van der Waals surface area contributed by atoms with Crippen LogP contribution in [0.25, 0.3) is 10.8 Å². The topological polar surface area (TPSA) is 33.6 Å². The first kappa shape index (κ1) is 12.1. The molecule has 3 rings (SSSR count). The van der Waals surface area contributed by atoms with E-state index in [0.717, 1.165) is 18.8 Å². The third-order valence-electron chi connectivity index (χ3n) is 3.36. The van der Waals surface area contributed by atoms with E-state index in [2.05, 4.69) is 64.2 Å². The fourth-order valence-electron chi connectivity index (χ4n) is 2.38. The third kappa shape index (κ3) is 2.19. The molecule has 3 nitrogen and oxygen atoms in total. The molecule has 0 aliphatic carbocycles. The summed E-state index contributed by atoms with van der Waals surface area (Å²) in [5.74, 6) is 0.998. The SMILES string of the molecule is CCc1n[nH]c(=S)n1Cc1cccc2ccccc12. The lowest BCUT2D eigenvalue weighted by atomic mass is 10.0. The molecule has 0 radical (unpaired) electrons. The van der Waals surface area contributed by atoms with E-state index in [9.17, 15) is 0 Å². The number of benzene rings is 2. The number of aryl methyl sites for hydroxylation is 1. The van der Waals surface area contributed by atoms with Crippen molar-refractivity contribution in [2.24, 2.45) is 0 Å². The molecule has 1 N–H and O–H groups in total. The Bertz CT molecular complexity index is 765. The molecule has 3 aromatic rings. The molecule has 1 heterocycles. The number of rotatable bonds is 3. The molecule has 0 unspecified atom stereocenters. The zero-order valence-electron chi connectivity index (χ0n) is 10.8. The Labute approximate surface area is 116 Å². The van der Waals surface area contributed by atoms with Gasteiger partial charge in [0.15, 0.2) is 4.77 Å². The summed E-state index contributed by atoms with van der Waals surface area (Å²) >= 11 is 5.31. The summed E-state index contributed by atoms with van der Waals surface area (Å²) in [6.45, 7) is 2.85. The molecule has 19 heavy (non-hydrogen) atoms. The van der Waals surface area contributed by atoms with Gasteiger partial charge in [0.25, 0.3) is 0 Å². The lowest BCUT2D eigenvalue weighted by molar-refractivity contribution is 0.728. The second-order valence-electron chi connectivity index (χ2n) is 4.52. The Morgan fingerprint density at radius 2 is 1.95 bits per heavy atom. The van der Waals surface area contributed by atoms with Crippen molar-refractivity contribution in [1.29, 1.82) is 0 Å². The summed E-state index contributed by atoms with van der Waals surface area (Å²) in [5, 5.41) is 9.66. The zero-order chi connectivity index (χ0) is 13.2. The van der Waals surface area contributed by atoms with E-state index < -0.39 is 0 Å². The molecule has 2 aromatic carbocycles. The summed E-state index contributed by atoms with van der Waals surface area (Å²) in [7, 11) is 0. The van der Waals surface area contributed by atoms with E-state index in [1.54, 1.807) is 0 Å². The third-order valence-corrected chi connectivity index (χ3v) is 3.67. The van der Waals surface area contributed by atoms with Gasteiger partial charge in [-0.3, -0.25) is 9.67 Å². The van der Waals surface area contributed by atoms with Crippen LogP contribution >= 0.6 is 12.2 Å². The van der Waals surface area contributed by atoms with E-state index in [4.69, 9.17) is 12.2 Å². The lowest BCUT2D eigenvalue weighted by Crippen LogP contribution is -2.05. The van der Waals surface area contributed by atoms with Crippen molar-refractivity contribution in [2.75, 3.05) is 0 Å². The number of H-pyrrole nitrogens is 1. The van der Waals surface area contributed by atoms with Crippen LogP contribution in [-0.4, -0.2) is 14.8 Å². The van der Waals surface area contributed by atoms with E-state index in [1.807, 2.05) is 0 Å². The Morgan fingerprint density at radius 3 is 2.79 bits per heavy atom. The predicted molar refractivity (Wildman–Crippen MR) is 79.8 cm³/mol. The second kappa shape index (κ2) is 4.97. The molecule has 0 spiro atoms. The minimum absolute atomic E-state index is 0.685. The molecule has 0 saturated heterocycles. The molecule has 0 atom stereocenters. The van der Waals surface area contributed by atoms with E-state index in [0.29, 0.717) is 4.77 Å². The average Bonchev–Trinajstić information content (AvgIpc) is 2.80. The number of nitrogens with zero attached hydrogens (tertiary/aromatic N) is 2. The highest BCUT2D eigenvalue weighted by molar-refractivity contribution is 7.71. The highest BCUT2D eigenvalue weighted by Gasteiger charge is 2.06. The van der Waals surface area contributed by atoms with Gasteiger partial charge in [0.05, 0.1) is 6.54 Å². The fraction of sp³-hybridized carbons (Fsp3) is 0.200. The van der Waals surface area contributed by atoms with Crippen LogP contribution in [0.5, 0.6) is 0 Å². The first-order chi connectivity index (χ1) is 9.29.